The van der Waals surface area contributed by atoms with Gasteiger partial charge in [0, 0.05) is 11.6 Å². The summed E-state index contributed by atoms with van der Waals surface area (Å²) in [5, 5.41) is 10.3. The molecule has 0 bridgehead atoms. The molecule has 9 nitrogen and oxygen atoms in total. The van der Waals surface area contributed by atoms with E-state index < -0.39 is 5.91 Å². The Bertz CT molecular complexity index is 1080. The lowest BCUT2D eigenvalue weighted by atomic mass is 10.2. The van der Waals surface area contributed by atoms with E-state index in [9.17, 15) is 4.79 Å². The first-order chi connectivity index (χ1) is 14.2. The Balaban J connectivity index is 1.42. The highest BCUT2D eigenvalue weighted by Gasteiger charge is 2.17. The second-order valence-corrected chi connectivity index (χ2v) is 5.92. The Morgan fingerprint density at radius 2 is 1.86 bits per heavy atom. The number of nitrogens with zero attached hydrogens (tertiary/aromatic N) is 2. The van der Waals surface area contributed by atoms with E-state index in [0.29, 0.717) is 28.6 Å². The third kappa shape index (κ3) is 3.98. The molecular formula is C20H17N3O6. The van der Waals surface area contributed by atoms with Crippen LogP contribution in [-0.2, 0) is 4.79 Å². The molecular weight excluding hydrogens is 378 g/mol. The number of benzene rings is 2. The van der Waals surface area contributed by atoms with Crippen LogP contribution in [0.15, 0.2) is 46.9 Å². The van der Waals surface area contributed by atoms with E-state index in [4.69, 9.17) is 23.4 Å². The summed E-state index contributed by atoms with van der Waals surface area (Å²) in [4.78, 5) is 12.1. The van der Waals surface area contributed by atoms with E-state index in [2.05, 4.69) is 15.5 Å². The Morgan fingerprint density at radius 3 is 2.69 bits per heavy atom. The van der Waals surface area contributed by atoms with Crippen molar-refractivity contribution in [3.05, 3.63) is 48.0 Å². The molecule has 0 saturated heterocycles. The van der Waals surface area contributed by atoms with Crippen molar-refractivity contribution < 1.29 is 28.2 Å². The van der Waals surface area contributed by atoms with Crippen LogP contribution in [0.3, 0.4) is 0 Å². The number of ether oxygens (including phenoxy) is 4. The van der Waals surface area contributed by atoms with Crippen molar-refractivity contribution in [1.82, 2.24) is 10.2 Å². The van der Waals surface area contributed by atoms with Crippen molar-refractivity contribution in [2.75, 3.05) is 26.3 Å². The maximum atomic E-state index is 12.1. The maximum Gasteiger partial charge on any atom is 0.322 e. The molecule has 4 rings (SSSR count). The van der Waals surface area contributed by atoms with Gasteiger partial charge in [-0.3, -0.25) is 10.1 Å². The third-order valence-corrected chi connectivity index (χ3v) is 4.11. The van der Waals surface area contributed by atoms with E-state index >= 15 is 0 Å². The molecule has 9 heteroatoms. The van der Waals surface area contributed by atoms with Crippen molar-refractivity contribution in [2.24, 2.45) is 0 Å². The van der Waals surface area contributed by atoms with Crippen molar-refractivity contribution in [1.29, 1.82) is 0 Å². The fraction of sp³-hybridized carbons (Fsp3) is 0.150. The zero-order chi connectivity index (χ0) is 20.2. The van der Waals surface area contributed by atoms with Crippen LogP contribution >= 0.6 is 0 Å². The molecule has 2 heterocycles. The quantitative estimate of drug-likeness (QED) is 0.635. The number of rotatable bonds is 6. The average molecular weight is 395 g/mol. The summed E-state index contributed by atoms with van der Waals surface area (Å²) >= 11 is 0. The Morgan fingerprint density at radius 1 is 1.03 bits per heavy atom. The second kappa shape index (κ2) is 7.93. The predicted octanol–water partition coefficient (Wildman–Crippen LogP) is 3.13. The van der Waals surface area contributed by atoms with Crippen LogP contribution in [-0.4, -0.2) is 37.1 Å². The van der Waals surface area contributed by atoms with Gasteiger partial charge in [-0.2, -0.15) is 0 Å². The molecule has 1 amide bonds. The number of nitrogens with one attached hydrogen (secondary N) is 1. The van der Waals surface area contributed by atoms with Crippen molar-refractivity contribution in [3.63, 3.8) is 0 Å². The monoisotopic (exact) mass is 395 g/mol. The van der Waals surface area contributed by atoms with Gasteiger partial charge in [0.15, 0.2) is 23.0 Å². The molecule has 0 spiro atoms. The molecule has 0 aliphatic carbocycles. The fourth-order valence-corrected chi connectivity index (χ4v) is 2.70. The Hall–Kier alpha value is -4.01. The molecule has 1 N–H and O–H groups in total. The molecule has 1 aliphatic heterocycles. The van der Waals surface area contributed by atoms with Crippen LogP contribution in [0.25, 0.3) is 17.5 Å². The second-order valence-electron chi connectivity index (χ2n) is 5.92. The first-order valence-electron chi connectivity index (χ1n) is 8.61. The topological polar surface area (TPSA) is 105 Å². The van der Waals surface area contributed by atoms with Crippen LogP contribution in [0, 0.1) is 0 Å². The van der Waals surface area contributed by atoms with Gasteiger partial charge in [0.1, 0.15) is 0 Å². The lowest BCUT2D eigenvalue weighted by Gasteiger charge is -2.07. The van der Waals surface area contributed by atoms with E-state index in [1.54, 1.807) is 56.7 Å². The summed E-state index contributed by atoms with van der Waals surface area (Å²) in [6.07, 6.45) is 2.98. The minimum atomic E-state index is -0.416. The first kappa shape index (κ1) is 18.4. The van der Waals surface area contributed by atoms with E-state index in [-0.39, 0.29) is 18.7 Å². The average Bonchev–Trinajstić information content (AvgIpc) is 3.40. The number of aromatic nitrogens is 2. The zero-order valence-corrected chi connectivity index (χ0v) is 15.7. The number of methoxy groups -OCH3 is 2. The molecule has 0 saturated carbocycles. The molecule has 3 aromatic rings. The molecule has 0 fully saturated rings. The molecule has 148 valence electrons. The minimum Gasteiger partial charge on any atom is -0.493 e. The number of hydrogen-bond acceptors (Lipinski definition) is 8. The third-order valence-electron chi connectivity index (χ3n) is 4.11. The number of fused-ring (bicyclic) bond motifs is 1. The molecule has 2 aromatic carbocycles. The van der Waals surface area contributed by atoms with E-state index in [0.717, 1.165) is 5.56 Å². The summed E-state index contributed by atoms with van der Waals surface area (Å²) in [6, 6.07) is 10.6. The fourth-order valence-electron chi connectivity index (χ4n) is 2.70. The SMILES string of the molecule is COc1ccc(C=CC(=O)Nc2nnc(-c3ccc4c(c3)OCO4)o2)cc1OC. The van der Waals surface area contributed by atoms with Gasteiger partial charge >= 0.3 is 6.01 Å². The summed E-state index contributed by atoms with van der Waals surface area (Å²) in [5.74, 6) is 2.27. The first-order valence-corrected chi connectivity index (χ1v) is 8.61. The van der Waals surface area contributed by atoms with Crippen LogP contribution in [0.4, 0.5) is 6.01 Å². The van der Waals surface area contributed by atoms with Gasteiger partial charge in [-0.15, -0.1) is 5.10 Å². The Kier molecular flexibility index (Phi) is 5.02. The van der Waals surface area contributed by atoms with Crippen molar-refractivity contribution >= 4 is 18.0 Å². The minimum absolute atomic E-state index is 0.0142. The maximum absolute atomic E-state index is 12.1. The van der Waals surface area contributed by atoms with Crippen LogP contribution in [0.1, 0.15) is 5.56 Å². The molecule has 0 unspecified atom stereocenters. The van der Waals surface area contributed by atoms with E-state index in [1.807, 2.05) is 0 Å². The summed E-state index contributed by atoms with van der Waals surface area (Å²) < 4.78 is 26.5. The molecule has 29 heavy (non-hydrogen) atoms. The van der Waals surface area contributed by atoms with Gasteiger partial charge in [-0.1, -0.05) is 11.2 Å². The lowest BCUT2D eigenvalue weighted by Crippen LogP contribution is -2.07. The van der Waals surface area contributed by atoms with Crippen molar-refractivity contribution in [3.8, 4) is 34.5 Å². The standard InChI is InChI=1S/C20H17N3O6/c1-25-14-6-3-12(9-16(14)26-2)4-8-18(24)21-20-23-22-19(29-20)13-5-7-15-17(10-13)28-11-27-15/h3-10H,11H2,1-2H3,(H,21,23,24). The molecule has 1 aliphatic rings. The number of carbonyl (C=O) groups is 1. The van der Waals surface area contributed by atoms with Crippen LogP contribution in [0.2, 0.25) is 0 Å². The Labute approximate surface area is 165 Å². The molecule has 0 radical (unpaired) electrons. The number of amides is 1. The predicted molar refractivity (Wildman–Crippen MR) is 103 cm³/mol. The molecule has 1 aromatic heterocycles. The number of hydrogen-bond donors (Lipinski definition) is 1. The van der Waals surface area contributed by atoms with Gasteiger partial charge in [0.2, 0.25) is 12.7 Å². The highest BCUT2D eigenvalue weighted by atomic mass is 16.7. The summed E-state index contributed by atoms with van der Waals surface area (Å²) in [6.45, 7) is 0.177. The van der Waals surface area contributed by atoms with Gasteiger partial charge in [-0.05, 0) is 42.0 Å². The number of carbonyl (C=O) groups excluding carboxylic acids is 1. The normalized spacial score (nSPS) is 12.2. The van der Waals surface area contributed by atoms with Crippen molar-refractivity contribution in [2.45, 2.75) is 0 Å². The zero-order valence-electron chi connectivity index (χ0n) is 15.7. The van der Waals surface area contributed by atoms with Gasteiger partial charge in [-0.25, -0.2) is 0 Å². The number of anilines is 1. The highest BCUT2D eigenvalue weighted by molar-refractivity contribution is 6.00. The van der Waals surface area contributed by atoms with Gasteiger partial charge < -0.3 is 23.4 Å². The molecule has 0 atom stereocenters. The van der Waals surface area contributed by atoms with Crippen LogP contribution < -0.4 is 24.3 Å². The lowest BCUT2D eigenvalue weighted by molar-refractivity contribution is -0.112. The largest absolute Gasteiger partial charge is 0.493 e. The highest BCUT2D eigenvalue weighted by Crippen LogP contribution is 2.35. The van der Waals surface area contributed by atoms with E-state index in [1.165, 1.54) is 6.08 Å². The summed E-state index contributed by atoms with van der Waals surface area (Å²) in [5.41, 5.74) is 1.42. The van der Waals surface area contributed by atoms with Gasteiger partial charge in [0.05, 0.1) is 14.2 Å². The summed E-state index contributed by atoms with van der Waals surface area (Å²) in [7, 11) is 3.11. The smallest absolute Gasteiger partial charge is 0.322 e. The van der Waals surface area contributed by atoms with Gasteiger partial charge in [0.25, 0.3) is 5.91 Å². The van der Waals surface area contributed by atoms with Crippen LogP contribution in [0.5, 0.6) is 23.0 Å².